The molecule has 3 atom stereocenters. The first-order valence-electron chi connectivity index (χ1n) is 9.08. The largest absolute Gasteiger partial charge is 0.490 e. The molecule has 3 nitrogen and oxygen atoms in total. The summed E-state index contributed by atoms with van der Waals surface area (Å²) in [6, 6.07) is 12.5. The van der Waals surface area contributed by atoms with Crippen molar-refractivity contribution in [1.29, 1.82) is 0 Å². The molecular weight excluding hydrogens is 296 g/mol. The van der Waals surface area contributed by atoms with Crippen molar-refractivity contribution in [3.63, 3.8) is 0 Å². The second-order valence-corrected chi connectivity index (χ2v) is 7.08. The fourth-order valence-electron chi connectivity index (χ4n) is 3.60. The molecule has 128 valence electrons. The molecule has 0 aliphatic heterocycles. The van der Waals surface area contributed by atoms with Crippen LogP contribution in [0.15, 0.2) is 48.8 Å². The number of rotatable bonds is 6. The molecule has 3 heteroatoms. The maximum atomic E-state index is 6.25. The third-order valence-electron chi connectivity index (χ3n) is 5.07. The lowest BCUT2D eigenvalue weighted by molar-refractivity contribution is 0.105. The lowest BCUT2D eigenvalue weighted by Crippen LogP contribution is -2.31. The minimum atomic E-state index is 0.355. The number of nitrogens with zero attached hydrogens (tertiary/aromatic N) is 1. The van der Waals surface area contributed by atoms with Crippen LogP contribution in [0.3, 0.4) is 0 Å². The number of ether oxygens (including phenoxy) is 1. The van der Waals surface area contributed by atoms with E-state index in [-0.39, 0.29) is 0 Å². The average molecular weight is 324 g/mol. The minimum Gasteiger partial charge on any atom is -0.490 e. The predicted molar refractivity (Wildman–Crippen MR) is 99.4 cm³/mol. The number of anilines is 1. The molecule has 3 unspecified atom stereocenters. The van der Waals surface area contributed by atoms with Crippen LogP contribution in [0, 0.1) is 18.8 Å². The third-order valence-corrected chi connectivity index (χ3v) is 5.07. The van der Waals surface area contributed by atoms with Gasteiger partial charge >= 0.3 is 0 Å². The number of aryl methyl sites for hydroxylation is 1. The monoisotopic (exact) mass is 324 g/mol. The number of hydrogen-bond donors (Lipinski definition) is 1. The molecule has 1 aliphatic rings. The van der Waals surface area contributed by atoms with Crippen LogP contribution in [0.1, 0.15) is 38.2 Å². The summed E-state index contributed by atoms with van der Waals surface area (Å²) in [5.41, 5.74) is 2.41. The highest BCUT2D eigenvalue weighted by molar-refractivity contribution is 5.40. The van der Waals surface area contributed by atoms with Gasteiger partial charge in [0.05, 0.1) is 6.10 Å². The second-order valence-electron chi connectivity index (χ2n) is 7.08. The fourth-order valence-corrected chi connectivity index (χ4v) is 3.60. The van der Waals surface area contributed by atoms with Gasteiger partial charge in [-0.15, -0.1) is 0 Å². The van der Waals surface area contributed by atoms with Crippen LogP contribution in [0.5, 0.6) is 5.75 Å². The van der Waals surface area contributed by atoms with Gasteiger partial charge in [-0.2, -0.15) is 0 Å². The molecule has 0 spiro atoms. The quantitative estimate of drug-likeness (QED) is 0.805. The van der Waals surface area contributed by atoms with Crippen LogP contribution in [0.4, 0.5) is 5.69 Å². The van der Waals surface area contributed by atoms with Crippen LogP contribution in [0.2, 0.25) is 0 Å². The maximum absolute atomic E-state index is 6.25. The van der Waals surface area contributed by atoms with Crippen LogP contribution in [-0.4, -0.2) is 17.6 Å². The summed E-state index contributed by atoms with van der Waals surface area (Å²) < 4.78 is 6.25. The Kier molecular flexibility index (Phi) is 5.73. The third kappa shape index (κ3) is 4.73. The second kappa shape index (κ2) is 8.18. The van der Waals surface area contributed by atoms with E-state index in [1.807, 2.05) is 24.5 Å². The molecule has 1 aromatic carbocycles. The van der Waals surface area contributed by atoms with E-state index in [0.717, 1.165) is 30.3 Å². The van der Waals surface area contributed by atoms with Gasteiger partial charge in [-0.25, -0.2) is 0 Å². The molecule has 0 amide bonds. The van der Waals surface area contributed by atoms with Crippen molar-refractivity contribution < 1.29 is 4.74 Å². The number of nitrogens with one attached hydrogen (secondary N) is 1. The molecule has 1 aliphatic carbocycles. The molecule has 0 radical (unpaired) electrons. The van der Waals surface area contributed by atoms with Gasteiger partial charge in [0.2, 0.25) is 0 Å². The van der Waals surface area contributed by atoms with E-state index in [9.17, 15) is 0 Å². The minimum absolute atomic E-state index is 0.355. The van der Waals surface area contributed by atoms with Crippen LogP contribution in [0.25, 0.3) is 0 Å². The molecule has 1 aromatic heterocycles. The Bertz CT molecular complexity index is 629. The zero-order chi connectivity index (χ0) is 16.8. The highest BCUT2D eigenvalue weighted by Gasteiger charge is 2.27. The number of aromatic nitrogens is 1. The summed E-state index contributed by atoms with van der Waals surface area (Å²) >= 11 is 0. The first-order valence-corrected chi connectivity index (χ1v) is 9.08. The van der Waals surface area contributed by atoms with E-state index >= 15 is 0 Å². The summed E-state index contributed by atoms with van der Waals surface area (Å²) in [4.78, 5) is 4.06. The lowest BCUT2D eigenvalue weighted by Gasteiger charge is -2.33. The molecule has 1 N–H and O–H groups in total. The normalized spacial score (nSPS) is 21.9. The molecule has 24 heavy (non-hydrogen) atoms. The van der Waals surface area contributed by atoms with Gasteiger partial charge in [-0.1, -0.05) is 19.1 Å². The van der Waals surface area contributed by atoms with E-state index < -0.39 is 0 Å². The summed E-state index contributed by atoms with van der Waals surface area (Å²) in [6.45, 7) is 5.48. The number of hydrogen-bond acceptors (Lipinski definition) is 3. The summed E-state index contributed by atoms with van der Waals surface area (Å²) in [5, 5.41) is 3.53. The Morgan fingerprint density at radius 2 is 2.04 bits per heavy atom. The van der Waals surface area contributed by atoms with Gasteiger partial charge in [0, 0.05) is 24.6 Å². The first-order chi connectivity index (χ1) is 11.7. The van der Waals surface area contributed by atoms with Gasteiger partial charge in [0.15, 0.2) is 0 Å². The zero-order valence-electron chi connectivity index (χ0n) is 14.7. The van der Waals surface area contributed by atoms with Crippen molar-refractivity contribution in [3.8, 4) is 5.75 Å². The van der Waals surface area contributed by atoms with Crippen molar-refractivity contribution in [2.24, 2.45) is 11.8 Å². The highest BCUT2D eigenvalue weighted by atomic mass is 16.5. The molecule has 2 aromatic rings. The predicted octanol–water partition coefficient (Wildman–Crippen LogP) is 5.08. The Hall–Kier alpha value is -2.03. The zero-order valence-corrected chi connectivity index (χ0v) is 14.7. The summed E-state index contributed by atoms with van der Waals surface area (Å²) in [5.74, 6) is 2.38. The van der Waals surface area contributed by atoms with Crippen LogP contribution >= 0.6 is 0 Å². The summed E-state index contributed by atoms with van der Waals surface area (Å²) in [7, 11) is 0. The Morgan fingerprint density at radius 3 is 2.83 bits per heavy atom. The van der Waals surface area contributed by atoms with Gasteiger partial charge < -0.3 is 10.1 Å². The molecule has 1 fully saturated rings. The average Bonchev–Trinajstić information content (AvgIpc) is 2.61. The van der Waals surface area contributed by atoms with Crippen molar-refractivity contribution in [2.45, 2.75) is 45.6 Å². The number of pyridine rings is 1. The Morgan fingerprint density at radius 1 is 1.21 bits per heavy atom. The molecule has 0 saturated heterocycles. The highest BCUT2D eigenvalue weighted by Crippen LogP contribution is 2.32. The van der Waals surface area contributed by atoms with Crippen LogP contribution < -0.4 is 10.1 Å². The fraction of sp³-hybridized carbons (Fsp3) is 0.476. The molecule has 3 rings (SSSR count). The topological polar surface area (TPSA) is 34.1 Å². The van der Waals surface area contributed by atoms with Gasteiger partial charge in [-0.05, 0) is 74.3 Å². The van der Waals surface area contributed by atoms with Crippen molar-refractivity contribution >= 4 is 5.69 Å². The van der Waals surface area contributed by atoms with Crippen LogP contribution in [-0.2, 0) is 0 Å². The van der Waals surface area contributed by atoms with Crippen molar-refractivity contribution in [3.05, 3.63) is 54.4 Å². The van der Waals surface area contributed by atoms with E-state index in [2.05, 4.69) is 48.4 Å². The van der Waals surface area contributed by atoms with Gasteiger partial charge in [0.1, 0.15) is 5.75 Å². The van der Waals surface area contributed by atoms with E-state index in [0.29, 0.717) is 12.0 Å². The van der Waals surface area contributed by atoms with Crippen molar-refractivity contribution in [2.75, 3.05) is 11.9 Å². The maximum Gasteiger partial charge on any atom is 0.119 e. The molecular formula is C21H28N2O. The van der Waals surface area contributed by atoms with Crippen molar-refractivity contribution in [1.82, 2.24) is 4.98 Å². The molecule has 0 bridgehead atoms. The van der Waals surface area contributed by atoms with Gasteiger partial charge in [0.25, 0.3) is 0 Å². The Labute approximate surface area is 145 Å². The standard InChI is InChI=1S/C21H28N2O/c1-16-5-3-7-20(13-16)24-21-8-4-6-18(14-21)17(2)15-23-19-9-11-22-12-10-19/h3,5,7,9-13,17-18,21H,4,6,8,14-15H2,1-2H3,(H,22,23). The summed E-state index contributed by atoms with van der Waals surface area (Å²) in [6.07, 6.45) is 8.93. The SMILES string of the molecule is Cc1cccc(OC2CCCC(C(C)CNc3ccncc3)C2)c1. The molecule has 1 saturated carbocycles. The number of benzene rings is 1. The van der Waals surface area contributed by atoms with Gasteiger partial charge in [-0.3, -0.25) is 4.98 Å². The molecule has 1 heterocycles. The lowest BCUT2D eigenvalue weighted by atomic mass is 9.79. The first kappa shape index (κ1) is 16.8. The van der Waals surface area contributed by atoms with E-state index in [4.69, 9.17) is 4.74 Å². The van der Waals surface area contributed by atoms with E-state index in [1.165, 1.54) is 24.8 Å². The Balaban J connectivity index is 1.51. The van der Waals surface area contributed by atoms with E-state index in [1.54, 1.807) is 0 Å². The smallest absolute Gasteiger partial charge is 0.119 e.